The van der Waals surface area contributed by atoms with Crippen molar-refractivity contribution in [3.63, 3.8) is 0 Å². The number of hydrogen-bond donors (Lipinski definition) is 3. The third kappa shape index (κ3) is 15.4. The molecule has 0 saturated carbocycles. The summed E-state index contributed by atoms with van der Waals surface area (Å²) in [6, 6.07) is 0. The van der Waals surface area contributed by atoms with E-state index in [1.54, 1.807) is 0 Å². The second kappa shape index (κ2) is 11.1. The van der Waals surface area contributed by atoms with E-state index in [-0.39, 0.29) is 5.60 Å². The summed E-state index contributed by atoms with van der Waals surface area (Å²) in [4.78, 5) is 22.0. The van der Waals surface area contributed by atoms with Gasteiger partial charge in [0.2, 0.25) is 0 Å². The van der Waals surface area contributed by atoms with Crippen molar-refractivity contribution >= 4 is 12.2 Å². The summed E-state index contributed by atoms with van der Waals surface area (Å²) in [6.07, 6.45) is 2.73. The maximum atomic E-state index is 11.8. The van der Waals surface area contributed by atoms with E-state index < -0.39 is 17.8 Å². The molecule has 0 rings (SSSR count). The third-order valence-corrected chi connectivity index (χ3v) is 3.26. The zero-order valence-electron chi connectivity index (χ0n) is 15.7. The van der Waals surface area contributed by atoms with Crippen LogP contribution in [0.2, 0.25) is 0 Å². The molecule has 0 unspecified atom stereocenters. The first-order chi connectivity index (χ1) is 11.0. The number of alkyl carbamates (subject to hydrolysis) is 1. The highest BCUT2D eigenvalue weighted by Crippen LogP contribution is 2.17. The van der Waals surface area contributed by atoms with Crippen molar-refractivity contribution in [2.75, 3.05) is 19.7 Å². The van der Waals surface area contributed by atoms with Crippen LogP contribution in [0.15, 0.2) is 0 Å². The molecule has 0 aromatic heterocycles. The molecule has 7 heteroatoms. The van der Waals surface area contributed by atoms with E-state index in [0.29, 0.717) is 26.1 Å². The minimum absolute atomic E-state index is 0.196. The SMILES string of the molecule is CC(C)(C)OCCC(C)(C)OC(=O)NCCCCCCNC(=O)O. The summed E-state index contributed by atoms with van der Waals surface area (Å²) >= 11 is 0. The van der Waals surface area contributed by atoms with Gasteiger partial charge in [-0.2, -0.15) is 0 Å². The van der Waals surface area contributed by atoms with Gasteiger partial charge in [-0.3, -0.25) is 0 Å². The minimum atomic E-state index is -0.991. The van der Waals surface area contributed by atoms with E-state index in [9.17, 15) is 9.59 Å². The molecule has 7 nitrogen and oxygen atoms in total. The van der Waals surface area contributed by atoms with E-state index in [1.807, 2.05) is 34.6 Å². The van der Waals surface area contributed by atoms with Gasteiger partial charge in [0.15, 0.2) is 0 Å². The zero-order chi connectivity index (χ0) is 18.6. The highest BCUT2D eigenvalue weighted by atomic mass is 16.6. The Morgan fingerprint density at radius 3 is 1.96 bits per heavy atom. The maximum Gasteiger partial charge on any atom is 0.407 e. The number of carbonyl (C=O) groups excluding carboxylic acids is 1. The fourth-order valence-electron chi connectivity index (χ4n) is 1.93. The zero-order valence-corrected chi connectivity index (χ0v) is 15.7. The van der Waals surface area contributed by atoms with Gasteiger partial charge >= 0.3 is 12.2 Å². The standard InChI is InChI=1S/C17H34N2O5/c1-16(2,3)23-13-10-17(4,5)24-15(22)19-12-9-7-6-8-11-18-14(20)21/h18H,6-13H2,1-5H3,(H,19,22)(H,20,21). The molecule has 0 aliphatic heterocycles. The number of nitrogens with one attached hydrogen (secondary N) is 2. The molecular weight excluding hydrogens is 312 g/mol. The highest BCUT2D eigenvalue weighted by Gasteiger charge is 2.23. The highest BCUT2D eigenvalue weighted by molar-refractivity contribution is 5.67. The van der Waals surface area contributed by atoms with Crippen LogP contribution >= 0.6 is 0 Å². The Morgan fingerprint density at radius 2 is 1.46 bits per heavy atom. The number of carboxylic acid groups (broad SMARTS) is 1. The topological polar surface area (TPSA) is 96.9 Å². The fraction of sp³-hybridized carbons (Fsp3) is 0.882. The molecule has 0 heterocycles. The Balaban J connectivity index is 3.68. The fourth-order valence-corrected chi connectivity index (χ4v) is 1.93. The molecule has 2 amide bonds. The molecule has 3 N–H and O–H groups in total. The Kier molecular flexibility index (Phi) is 10.4. The molecule has 0 atom stereocenters. The minimum Gasteiger partial charge on any atom is -0.465 e. The molecule has 0 aromatic carbocycles. The molecule has 0 fully saturated rings. The van der Waals surface area contributed by atoms with Gasteiger partial charge in [0.05, 0.1) is 12.2 Å². The van der Waals surface area contributed by atoms with Gasteiger partial charge in [0.25, 0.3) is 0 Å². The van der Waals surface area contributed by atoms with Crippen LogP contribution in [0.4, 0.5) is 9.59 Å². The van der Waals surface area contributed by atoms with Crippen LogP contribution in [0.1, 0.15) is 66.7 Å². The molecule has 0 radical (unpaired) electrons. The van der Waals surface area contributed by atoms with Crippen molar-refractivity contribution in [2.45, 2.75) is 77.9 Å². The number of rotatable bonds is 11. The lowest BCUT2D eigenvalue weighted by Gasteiger charge is -2.27. The van der Waals surface area contributed by atoms with E-state index >= 15 is 0 Å². The molecule has 24 heavy (non-hydrogen) atoms. The Labute approximate surface area is 145 Å². The van der Waals surface area contributed by atoms with Crippen molar-refractivity contribution < 1.29 is 24.2 Å². The second-order valence-corrected chi connectivity index (χ2v) is 7.43. The van der Waals surface area contributed by atoms with Crippen molar-refractivity contribution in [3.8, 4) is 0 Å². The van der Waals surface area contributed by atoms with Crippen LogP contribution in [0.5, 0.6) is 0 Å². The van der Waals surface area contributed by atoms with E-state index in [4.69, 9.17) is 14.6 Å². The molecule has 0 aliphatic carbocycles. The van der Waals surface area contributed by atoms with E-state index in [1.165, 1.54) is 0 Å². The van der Waals surface area contributed by atoms with Crippen LogP contribution in [-0.2, 0) is 9.47 Å². The van der Waals surface area contributed by atoms with Crippen molar-refractivity contribution in [3.05, 3.63) is 0 Å². The van der Waals surface area contributed by atoms with Crippen molar-refractivity contribution in [1.29, 1.82) is 0 Å². The van der Waals surface area contributed by atoms with Crippen LogP contribution in [0.25, 0.3) is 0 Å². The molecule has 0 saturated heterocycles. The lowest BCUT2D eigenvalue weighted by Crippen LogP contribution is -2.36. The maximum absolute atomic E-state index is 11.8. The van der Waals surface area contributed by atoms with Crippen LogP contribution in [0, 0.1) is 0 Å². The summed E-state index contributed by atoms with van der Waals surface area (Å²) in [7, 11) is 0. The quantitative estimate of drug-likeness (QED) is 0.497. The smallest absolute Gasteiger partial charge is 0.407 e. The normalized spacial score (nSPS) is 11.9. The number of amides is 2. The van der Waals surface area contributed by atoms with E-state index in [2.05, 4.69) is 10.6 Å². The first kappa shape index (κ1) is 22.5. The van der Waals surface area contributed by atoms with Crippen molar-refractivity contribution in [2.24, 2.45) is 0 Å². The summed E-state index contributed by atoms with van der Waals surface area (Å²) in [6.45, 7) is 11.3. The van der Waals surface area contributed by atoms with E-state index in [0.717, 1.165) is 25.7 Å². The lowest BCUT2D eigenvalue weighted by molar-refractivity contribution is -0.0401. The van der Waals surface area contributed by atoms with Gasteiger partial charge in [-0.05, 0) is 47.5 Å². The largest absolute Gasteiger partial charge is 0.465 e. The molecule has 0 aliphatic rings. The molecule has 0 spiro atoms. The summed E-state index contributed by atoms with van der Waals surface area (Å²) < 4.78 is 11.1. The molecule has 142 valence electrons. The van der Waals surface area contributed by atoms with Gasteiger partial charge in [-0.1, -0.05) is 12.8 Å². The van der Waals surface area contributed by atoms with Crippen LogP contribution in [-0.4, -0.2) is 48.2 Å². The van der Waals surface area contributed by atoms with Gasteiger partial charge in [-0.15, -0.1) is 0 Å². The predicted octanol–water partition coefficient (Wildman–Crippen LogP) is 3.52. The Morgan fingerprint density at radius 1 is 0.917 bits per heavy atom. The Hall–Kier alpha value is -1.50. The van der Waals surface area contributed by atoms with Gasteiger partial charge in [0.1, 0.15) is 5.60 Å². The average molecular weight is 346 g/mol. The van der Waals surface area contributed by atoms with Gasteiger partial charge in [-0.25, -0.2) is 9.59 Å². The number of ether oxygens (including phenoxy) is 2. The number of unbranched alkanes of at least 4 members (excludes halogenated alkanes) is 3. The second-order valence-electron chi connectivity index (χ2n) is 7.43. The molecule has 0 bridgehead atoms. The van der Waals surface area contributed by atoms with Crippen LogP contribution in [0.3, 0.4) is 0 Å². The molecular formula is C17H34N2O5. The van der Waals surface area contributed by atoms with Gasteiger partial charge in [0, 0.05) is 19.5 Å². The Bertz CT molecular complexity index is 378. The summed E-state index contributed by atoms with van der Waals surface area (Å²) in [5.74, 6) is 0. The lowest BCUT2D eigenvalue weighted by atomic mass is 10.1. The molecule has 0 aromatic rings. The van der Waals surface area contributed by atoms with Crippen molar-refractivity contribution in [1.82, 2.24) is 10.6 Å². The third-order valence-electron chi connectivity index (χ3n) is 3.26. The van der Waals surface area contributed by atoms with Crippen LogP contribution < -0.4 is 10.6 Å². The first-order valence-corrected chi connectivity index (χ1v) is 8.59. The summed E-state index contributed by atoms with van der Waals surface area (Å²) in [5, 5.41) is 13.5. The number of hydrogen-bond acceptors (Lipinski definition) is 4. The predicted molar refractivity (Wildman–Crippen MR) is 93.4 cm³/mol. The monoisotopic (exact) mass is 346 g/mol. The average Bonchev–Trinajstić information content (AvgIpc) is 2.38. The summed E-state index contributed by atoms with van der Waals surface area (Å²) in [5.41, 5.74) is -0.768. The van der Waals surface area contributed by atoms with Gasteiger partial charge < -0.3 is 25.2 Å². The first-order valence-electron chi connectivity index (χ1n) is 8.59. The number of carbonyl (C=O) groups is 2.